The van der Waals surface area contributed by atoms with Crippen molar-refractivity contribution < 1.29 is 9.90 Å². The standard InChI is InChI=1S/C4H8N2O2/c1-6(4(7)8)3-2-5-3/h3,5H,2H2,1H3,(H,7,8). The molecule has 1 saturated heterocycles. The number of carboxylic acid groups (broad SMARTS) is 1. The van der Waals surface area contributed by atoms with Crippen molar-refractivity contribution in [3.63, 3.8) is 0 Å². The maximum atomic E-state index is 10.1. The Balaban J connectivity index is 2.32. The van der Waals surface area contributed by atoms with E-state index in [1.54, 1.807) is 7.05 Å². The second-order valence-corrected chi connectivity index (χ2v) is 1.82. The molecule has 0 aromatic carbocycles. The molecule has 4 nitrogen and oxygen atoms in total. The Kier molecular flexibility index (Phi) is 1.09. The maximum Gasteiger partial charge on any atom is 0.408 e. The number of nitrogens with one attached hydrogen (secondary N) is 1. The summed E-state index contributed by atoms with van der Waals surface area (Å²) in [5, 5.41) is 11.1. The second kappa shape index (κ2) is 1.63. The third-order valence-corrected chi connectivity index (χ3v) is 1.16. The Labute approximate surface area is 47.1 Å². The molecule has 2 N–H and O–H groups in total. The molecular weight excluding hydrogens is 108 g/mol. The zero-order valence-corrected chi connectivity index (χ0v) is 4.59. The molecule has 46 valence electrons. The van der Waals surface area contributed by atoms with Gasteiger partial charge in [0.1, 0.15) is 0 Å². The minimum Gasteiger partial charge on any atom is -0.465 e. The number of hydrogen-bond acceptors (Lipinski definition) is 2. The number of amides is 1. The van der Waals surface area contributed by atoms with Crippen LogP contribution in [0.15, 0.2) is 0 Å². The van der Waals surface area contributed by atoms with E-state index in [2.05, 4.69) is 5.32 Å². The van der Waals surface area contributed by atoms with Crippen molar-refractivity contribution in [2.45, 2.75) is 6.17 Å². The first-order valence-electron chi connectivity index (χ1n) is 2.41. The third-order valence-electron chi connectivity index (χ3n) is 1.16. The van der Waals surface area contributed by atoms with Crippen molar-refractivity contribution in [2.75, 3.05) is 13.6 Å². The third kappa shape index (κ3) is 0.894. The van der Waals surface area contributed by atoms with Gasteiger partial charge in [0.25, 0.3) is 0 Å². The van der Waals surface area contributed by atoms with Crippen LogP contribution in [0.25, 0.3) is 0 Å². The SMILES string of the molecule is CN(C(=O)O)C1CN1. The van der Waals surface area contributed by atoms with Crippen LogP contribution < -0.4 is 5.32 Å². The Hall–Kier alpha value is -0.770. The first kappa shape index (κ1) is 5.37. The highest BCUT2D eigenvalue weighted by molar-refractivity contribution is 5.65. The van der Waals surface area contributed by atoms with Gasteiger partial charge >= 0.3 is 6.09 Å². The van der Waals surface area contributed by atoms with Crippen LogP contribution in [0.2, 0.25) is 0 Å². The molecule has 1 aliphatic rings. The summed E-state index contributed by atoms with van der Waals surface area (Å²) in [7, 11) is 1.55. The van der Waals surface area contributed by atoms with Crippen LogP contribution in [0, 0.1) is 0 Å². The van der Waals surface area contributed by atoms with Crippen LogP contribution >= 0.6 is 0 Å². The largest absolute Gasteiger partial charge is 0.465 e. The fraction of sp³-hybridized carbons (Fsp3) is 0.750. The van der Waals surface area contributed by atoms with Crippen molar-refractivity contribution in [3.8, 4) is 0 Å². The van der Waals surface area contributed by atoms with Gasteiger partial charge in [-0.1, -0.05) is 0 Å². The van der Waals surface area contributed by atoms with Crippen LogP contribution in [-0.2, 0) is 0 Å². The van der Waals surface area contributed by atoms with Gasteiger partial charge in [0.05, 0.1) is 6.17 Å². The maximum absolute atomic E-state index is 10.1. The number of nitrogens with zero attached hydrogens (tertiary/aromatic N) is 1. The van der Waals surface area contributed by atoms with Crippen molar-refractivity contribution in [1.29, 1.82) is 0 Å². The molecule has 4 heteroatoms. The van der Waals surface area contributed by atoms with E-state index in [0.29, 0.717) is 0 Å². The summed E-state index contributed by atoms with van der Waals surface area (Å²) in [6.45, 7) is 0.794. The van der Waals surface area contributed by atoms with Gasteiger partial charge in [-0.25, -0.2) is 4.79 Å². The summed E-state index contributed by atoms with van der Waals surface area (Å²) >= 11 is 0. The first-order chi connectivity index (χ1) is 3.72. The normalized spacial score (nSPS) is 24.9. The lowest BCUT2D eigenvalue weighted by Crippen LogP contribution is -2.29. The highest BCUT2D eigenvalue weighted by atomic mass is 16.4. The minimum absolute atomic E-state index is 0.0764. The van der Waals surface area contributed by atoms with Crippen LogP contribution in [0.5, 0.6) is 0 Å². The van der Waals surface area contributed by atoms with Gasteiger partial charge in [0, 0.05) is 13.6 Å². The minimum atomic E-state index is -0.875. The van der Waals surface area contributed by atoms with Gasteiger partial charge in [-0.2, -0.15) is 0 Å². The zero-order valence-electron chi connectivity index (χ0n) is 4.59. The van der Waals surface area contributed by atoms with Crippen LogP contribution in [-0.4, -0.2) is 35.9 Å². The summed E-state index contributed by atoms with van der Waals surface area (Å²) in [6, 6.07) is 0. The Morgan fingerprint density at radius 3 is 2.62 bits per heavy atom. The summed E-state index contributed by atoms with van der Waals surface area (Å²) in [5.41, 5.74) is 0. The zero-order chi connectivity index (χ0) is 6.15. The second-order valence-electron chi connectivity index (χ2n) is 1.82. The predicted molar refractivity (Wildman–Crippen MR) is 27.6 cm³/mol. The molecule has 1 fully saturated rings. The van der Waals surface area contributed by atoms with E-state index in [1.165, 1.54) is 4.90 Å². The lowest BCUT2D eigenvalue weighted by atomic mass is 10.7. The molecule has 0 aromatic rings. The number of hydrogen-bond donors (Lipinski definition) is 2. The first-order valence-corrected chi connectivity index (χ1v) is 2.41. The summed E-state index contributed by atoms with van der Waals surface area (Å²) < 4.78 is 0. The quantitative estimate of drug-likeness (QED) is 0.455. The van der Waals surface area contributed by atoms with E-state index in [-0.39, 0.29) is 6.17 Å². The number of likely N-dealkylation sites (N-methyl/N-ethyl adjacent to an activating group) is 1. The molecule has 0 spiro atoms. The van der Waals surface area contributed by atoms with Gasteiger partial charge in [-0.15, -0.1) is 0 Å². The summed E-state index contributed by atoms with van der Waals surface area (Å²) in [5.74, 6) is 0. The van der Waals surface area contributed by atoms with Gasteiger partial charge < -0.3 is 5.11 Å². The topological polar surface area (TPSA) is 62.5 Å². The van der Waals surface area contributed by atoms with Crippen molar-refractivity contribution in [3.05, 3.63) is 0 Å². The fourth-order valence-corrected chi connectivity index (χ4v) is 0.460. The van der Waals surface area contributed by atoms with E-state index >= 15 is 0 Å². The summed E-state index contributed by atoms with van der Waals surface area (Å²) in [6.07, 6.45) is -0.799. The van der Waals surface area contributed by atoms with Crippen molar-refractivity contribution in [2.24, 2.45) is 0 Å². The fourth-order valence-electron chi connectivity index (χ4n) is 0.460. The predicted octanol–water partition coefficient (Wildman–Crippen LogP) is -0.475. The van der Waals surface area contributed by atoms with Crippen LogP contribution in [0.3, 0.4) is 0 Å². The smallest absolute Gasteiger partial charge is 0.408 e. The summed E-state index contributed by atoms with van der Waals surface area (Å²) in [4.78, 5) is 11.3. The van der Waals surface area contributed by atoms with Gasteiger partial charge in [-0.05, 0) is 0 Å². The molecule has 1 unspecified atom stereocenters. The Morgan fingerprint density at radius 2 is 2.50 bits per heavy atom. The van der Waals surface area contributed by atoms with E-state index < -0.39 is 6.09 Å². The Bertz CT molecular complexity index is 111. The Morgan fingerprint density at radius 1 is 2.00 bits per heavy atom. The van der Waals surface area contributed by atoms with Gasteiger partial charge in [-0.3, -0.25) is 10.2 Å². The molecular formula is C4H8N2O2. The molecule has 1 amide bonds. The highest BCUT2D eigenvalue weighted by Crippen LogP contribution is 2.01. The monoisotopic (exact) mass is 116 g/mol. The lowest BCUT2D eigenvalue weighted by molar-refractivity contribution is 0.153. The van der Waals surface area contributed by atoms with E-state index in [0.717, 1.165) is 6.54 Å². The molecule has 0 saturated carbocycles. The lowest BCUT2D eigenvalue weighted by Gasteiger charge is -2.07. The van der Waals surface area contributed by atoms with Crippen molar-refractivity contribution in [1.82, 2.24) is 10.2 Å². The molecule has 0 bridgehead atoms. The van der Waals surface area contributed by atoms with Gasteiger partial charge in [0.15, 0.2) is 0 Å². The number of carbonyl (C=O) groups is 1. The molecule has 8 heavy (non-hydrogen) atoms. The van der Waals surface area contributed by atoms with E-state index in [9.17, 15) is 4.79 Å². The molecule has 0 aliphatic carbocycles. The molecule has 0 aromatic heterocycles. The average molecular weight is 116 g/mol. The molecule has 1 rings (SSSR count). The molecule has 1 aliphatic heterocycles. The molecule has 1 heterocycles. The number of rotatable bonds is 1. The van der Waals surface area contributed by atoms with E-state index in [4.69, 9.17) is 5.11 Å². The van der Waals surface area contributed by atoms with Gasteiger partial charge in [0.2, 0.25) is 0 Å². The highest BCUT2D eigenvalue weighted by Gasteiger charge is 2.27. The average Bonchev–Trinajstić information content (AvgIpc) is 2.43. The van der Waals surface area contributed by atoms with Crippen LogP contribution in [0.1, 0.15) is 0 Å². The molecule has 0 radical (unpaired) electrons. The van der Waals surface area contributed by atoms with E-state index in [1.807, 2.05) is 0 Å². The van der Waals surface area contributed by atoms with Crippen LogP contribution in [0.4, 0.5) is 4.79 Å². The van der Waals surface area contributed by atoms with Crippen molar-refractivity contribution >= 4 is 6.09 Å². The molecule has 1 atom stereocenters.